The molecule has 1 saturated heterocycles. The number of rotatable bonds is 0. The van der Waals surface area contributed by atoms with E-state index in [9.17, 15) is 0 Å². The Bertz CT molecular complexity index is 219. The van der Waals surface area contributed by atoms with Crippen LogP contribution in [0.4, 0.5) is 0 Å². The Morgan fingerprint density at radius 1 is 1.15 bits per heavy atom. The fraction of sp³-hybridized carbons (Fsp3) is 1.00. The van der Waals surface area contributed by atoms with Crippen molar-refractivity contribution in [1.82, 2.24) is 0 Å². The van der Waals surface area contributed by atoms with Crippen molar-refractivity contribution in [3.8, 4) is 0 Å². The molecule has 1 rings (SSSR count). The van der Waals surface area contributed by atoms with Gasteiger partial charge in [-0.05, 0) is 19.3 Å². The third kappa shape index (κ3) is 11.8. The van der Waals surface area contributed by atoms with Gasteiger partial charge in [0.05, 0.1) is 27.2 Å². The molecule has 1 aliphatic heterocycles. The summed E-state index contributed by atoms with van der Waals surface area (Å²) >= 11 is 0. The van der Waals surface area contributed by atoms with Gasteiger partial charge in [-0.25, -0.2) is 8.42 Å². The van der Waals surface area contributed by atoms with Gasteiger partial charge in [0.15, 0.2) is 0 Å². The van der Waals surface area contributed by atoms with Gasteiger partial charge in [-0.1, -0.05) is 0 Å². The second-order valence-electron chi connectivity index (χ2n) is 3.87. The van der Waals surface area contributed by atoms with Crippen molar-refractivity contribution in [2.75, 3.05) is 27.2 Å². The van der Waals surface area contributed by atoms with Gasteiger partial charge in [-0.15, -0.1) is 0 Å². The lowest BCUT2D eigenvalue weighted by Crippen LogP contribution is -2.43. The summed E-state index contributed by atoms with van der Waals surface area (Å²) in [5.74, 6) is 0. The standard InChI is InChI=1S/C7H16N.H2O4S/c1-8(2)6-4-3-5-7-8;1-5(2,3)4/h3-7H2,1-2H3;(H2,1,2,3,4)/q+1;/p-1. The zero-order chi connectivity index (χ0) is 10.5. The minimum Gasteiger partial charge on any atom is -0.726 e. The predicted octanol–water partition coefficient (Wildman–Crippen LogP) is 0.251. The van der Waals surface area contributed by atoms with Crippen molar-refractivity contribution in [1.29, 1.82) is 0 Å². The van der Waals surface area contributed by atoms with Gasteiger partial charge in [-0.2, -0.15) is 0 Å². The quantitative estimate of drug-likeness (QED) is 0.354. The predicted molar refractivity (Wildman–Crippen MR) is 48.0 cm³/mol. The number of likely N-dealkylation sites (tertiary alicyclic amines) is 1. The van der Waals surface area contributed by atoms with E-state index in [1.54, 1.807) is 0 Å². The molecule has 13 heavy (non-hydrogen) atoms. The molecule has 0 aromatic carbocycles. The van der Waals surface area contributed by atoms with E-state index in [1.165, 1.54) is 36.8 Å². The average molecular weight is 211 g/mol. The third-order valence-corrected chi connectivity index (χ3v) is 2.03. The minimum absolute atomic E-state index is 1.25. The first-order chi connectivity index (χ1) is 5.71. The van der Waals surface area contributed by atoms with E-state index < -0.39 is 10.4 Å². The molecule has 0 spiro atoms. The summed E-state index contributed by atoms with van der Waals surface area (Å²) in [7, 11) is -0.279. The summed E-state index contributed by atoms with van der Waals surface area (Å²) < 4.78 is 34.1. The summed E-state index contributed by atoms with van der Waals surface area (Å²) in [4.78, 5) is 0. The number of quaternary nitrogens is 1. The first kappa shape index (κ1) is 12.8. The molecule has 0 unspecified atom stereocenters. The van der Waals surface area contributed by atoms with Gasteiger partial charge >= 0.3 is 0 Å². The Morgan fingerprint density at radius 2 is 1.46 bits per heavy atom. The van der Waals surface area contributed by atoms with Crippen LogP contribution >= 0.6 is 0 Å². The van der Waals surface area contributed by atoms with E-state index in [1.807, 2.05) is 0 Å². The maximum absolute atomic E-state index is 8.63. The lowest BCUT2D eigenvalue weighted by Gasteiger charge is -2.33. The van der Waals surface area contributed by atoms with Crippen LogP contribution in [-0.2, 0) is 10.4 Å². The molecule has 1 aliphatic rings. The van der Waals surface area contributed by atoms with Crippen LogP contribution in [0.3, 0.4) is 0 Å². The Balaban J connectivity index is 0.000000252. The summed E-state index contributed by atoms with van der Waals surface area (Å²) in [6.45, 7) is 2.78. The van der Waals surface area contributed by atoms with Crippen molar-refractivity contribution >= 4 is 10.4 Å². The summed E-state index contributed by atoms with van der Waals surface area (Å²) in [5.41, 5.74) is 0. The van der Waals surface area contributed by atoms with Crippen LogP contribution in [0.5, 0.6) is 0 Å². The minimum atomic E-state index is -4.92. The van der Waals surface area contributed by atoms with E-state index in [0.717, 1.165) is 0 Å². The molecular weight excluding hydrogens is 194 g/mol. The molecule has 0 aromatic heterocycles. The lowest BCUT2D eigenvalue weighted by atomic mass is 10.1. The fourth-order valence-corrected chi connectivity index (χ4v) is 1.37. The Kier molecular flexibility index (Phi) is 4.83. The molecule has 5 nitrogen and oxygen atoms in total. The highest BCUT2D eigenvalue weighted by atomic mass is 32.3. The smallest absolute Gasteiger partial charge is 0.215 e. The highest BCUT2D eigenvalue weighted by Crippen LogP contribution is 2.12. The largest absolute Gasteiger partial charge is 0.726 e. The summed E-state index contributed by atoms with van der Waals surface area (Å²) in [6.07, 6.45) is 4.34. The molecule has 80 valence electrons. The molecule has 1 N–H and O–H groups in total. The highest BCUT2D eigenvalue weighted by Gasteiger charge is 2.17. The van der Waals surface area contributed by atoms with Gasteiger partial charge in [-0.3, -0.25) is 4.55 Å². The fourth-order valence-electron chi connectivity index (χ4n) is 1.37. The lowest BCUT2D eigenvalue weighted by molar-refractivity contribution is -0.894. The zero-order valence-corrected chi connectivity index (χ0v) is 8.88. The first-order valence-corrected chi connectivity index (χ1v) is 5.57. The van der Waals surface area contributed by atoms with Crippen molar-refractivity contribution in [3.63, 3.8) is 0 Å². The van der Waals surface area contributed by atoms with E-state index in [-0.39, 0.29) is 0 Å². The van der Waals surface area contributed by atoms with Gasteiger partial charge < -0.3 is 9.04 Å². The molecule has 0 bridgehead atoms. The van der Waals surface area contributed by atoms with E-state index >= 15 is 0 Å². The van der Waals surface area contributed by atoms with Crippen LogP contribution in [0.25, 0.3) is 0 Å². The molecule has 1 heterocycles. The molecular formula is C7H17NO4S. The van der Waals surface area contributed by atoms with Crippen LogP contribution in [-0.4, -0.2) is 49.2 Å². The number of hydrogen-bond acceptors (Lipinski definition) is 3. The summed E-state index contributed by atoms with van der Waals surface area (Å²) in [5, 5.41) is 0. The van der Waals surface area contributed by atoms with Gasteiger partial charge in [0.1, 0.15) is 0 Å². The van der Waals surface area contributed by atoms with Crippen LogP contribution in [0.2, 0.25) is 0 Å². The third-order valence-electron chi connectivity index (χ3n) is 2.03. The van der Waals surface area contributed by atoms with E-state index in [0.29, 0.717) is 0 Å². The molecule has 1 fully saturated rings. The molecule has 0 radical (unpaired) electrons. The van der Waals surface area contributed by atoms with Crippen molar-refractivity contribution in [3.05, 3.63) is 0 Å². The normalized spacial score (nSPS) is 21.5. The second-order valence-corrected chi connectivity index (χ2v) is 4.73. The average Bonchev–Trinajstić information content (AvgIpc) is 1.82. The maximum atomic E-state index is 8.63. The Morgan fingerprint density at radius 3 is 1.62 bits per heavy atom. The SMILES string of the molecule is C[N+]1(C)CCCCC1.O=S(=O)([O-])O. The van der Waals surface area contributed by atoms with Crippen LogP contribution in [0, 0.1) is 0 Å². The molecule has 0 aliphatic carbocycles. The van der Waals surface area contributed by atoms with Crippen LogP contribution in [0.15, 0.2) is 0 Å². The summed E-state index contributed by atoms with van der Waals surface area (Å²) in [6, 6.07) is 0. The van der Waals surface area contributed by atoms with Gasteiger partial charge in [0, 0.05) is 0 Å². The maximum Gasteiger partial charge on any atom is 0.215 e. The first-order valence-electron chi connectivity index (χ1n) is 4.21. The van der Waals surface area contributed by atoms with Gasteiger partial charge in [0.2, 0.25) is 10.4 Å². The highest BCUT2D eigenvalue weighted by molar-refractivity contribution is 7.79. The van der Waals surface area contributed by atoms with Gasteiger partial charge in [0.25, 0.3) is 0 Å². The zero-order valence-electron chi connectivity index (χ0n) is 8.06. The molecule has 0 amide bonds. The number of piperidine rings is 1. The molecule has 0 saturated carbocycles. The molecule has 6 heteroatoms. The topological polar surface area (TPSA) is 77.4 Å². The van der Waals surface area contributed by atoms with Crippen molar-refractivity contribution < 1.29 is 22.0 Å². The number of nitrogens with zero attached hydrogens (tertiary/aromatic N) is 1. The Hall–Kier alpha value is -0.170. The second kappa shape index (κ2) is 4.90. The molecule has 0 aromatic rings. The monoisotopic (exact) mass is 211 g/mol. The van der Waals surface area contributed by atoms with Crippen LogP contribution in [0.1, 0.15) is 19.3 Å². The van der Waals surface area contributed by atoms with Crippen molar-refractivity contribution in [2.45, 2.75) is 19.3 Å². The van der Waals surface area contributed by atoms with Crippen LogP contribution < -0.4 is 0 Å². The van der Waals surface area contributed by atoms with Crippen molar-refractivity contribution in [2.24, 2.45) is 0 Å². The number of hydrogen-bond donors (Lipinski definition) is 1. The molecule has 0 atom stereocenters. The Labute approximate surface area is 79.5 Å². The van der Waals surface area contributed by atoms with E-state index in [2.05, 4.69) is 14.1 Å². The van der Waals surface area contributed by atoms with E-state index in [4.69, 9.17) is 17.5 Å².